The highest BCUT2D eigenvalue weighted by molar-refractivity contribution is 9.10. The molecule has 0 fully saturated rings. The van der Waals surface area contributed by atoms with Crippen molar-refractivity contribution < 1.29 is 9.84 Å². The summed E-state index contributed by atoms with van der Waals surface area (Å²) in [6.07, 6.45) is 0. The predicted molar refractivity (Wildman–Crippen MR) is 77.2 cm³/mol. The molecule has 0 aliphatic heterocycles. The maximum absolute atomic E-state index is 9.73. The third-order valence-electron chi connectivity index (χ3n) is 2.52. The number of phenolic OH excluding ortho intramolecular Hbond substituents is 1. The minimum atomic E-state index is 0.288. The SMILES string of the molecule is COc1ccc(O)c(CNCc2cc(Br)cs2)c1. The van der Waals surface area contributed by atoms with Crippen LogP contribution in [0.25, 0.3) is 0 Å². The largest absolute Gasteiger partial charge is 0.508 e. The number of methoxy groups -OCH3 is 1. The van der Waals surface area contributed by atoms with Crippen molar-refractivity contribution >= 4 is 27.3 Å². The molecule has 96 valence electrons. The Morgan fingerprint density at radius 3 is 2.83 bits per heavy atom. The second kappa shape index (κ2) is 6.22. The second-order valence-electron chi connectivity index (χ2n) is 3.83. The number of aromatic hydroxyl groups is 1. The Morgan fingerprint density at radius 1 is 1.33 bits per heavy atom. The zero-order valence-corrected chi connectivity index (χ0v) is 12.3. The highest BCUT2D eigenvalue weighted by atomic mass is 79.9. The van der Waals surface area contributed by atoms with E-state index in [0.29, 0.717) is 6.54 Å². The highest BCUT2D eigenvalue weighted by Crippen LogP contribution is 2.23. The molecule has 0 radical (unpaired) electrons. The summed E-state index contributed by atoms with van der Waals surface area (Å²) in [6, 6.07) is 7.32. The van der Waals surface area contributed by atoms with Crippen LogP contribution in [0.2, 0.25) is 0 Å². The van der Waals surface area contributed by atoms with Gasteiger partial charge in [-0.1, -0.05) is 0 Å². The molecule has 18 heavy (non-hydrogen) atoms. The number of halogens is 1. The summed E-state index contributed by atoms with van der Waals surface area (Å²) in [6.45, 7) is 1.39. The summed E-state index contributed by atoms with van der Waals surface area (Å²) in [4.78, 5) is 1.25. The number of thiophene rings is 1. The van der Waals surface area contributed by atoms with Gasteiger partial charge in [-0.05, 0) is 40.2 Å². The van der Waals surface area contributed by atoms with Gasteiger partial charge >= 0.3 is 0 Å². The van der Waals surface area contributed by atoms with E-state index in [2.05, 4.69) is 32.7 Å². The fraction of sp³-hybridized carbons (Fsp3) is 0.231. The topological polar surface area (TPSA) is 41.5 Å². The van der Waals surface area contributed by atoms with Crippen LogP contribution >= 0.6 is 27.3 Å². The van der Waals surface area contributed by atoms with Gasteiger partial charge in [-0.25, -0.2) is 0 Å². The van der Waals surface area contributed by atoms with Crippen molar-refractivity contribution in [2.45, 2.75) is 13.1 Å². The molecule has 5 heteroatoms. The summed E-state index contributed by atoms with van der Waals surface area (Å²) in [5, 5.41) is 15.1. The van der Waals surface area contributed by atoms with E-state index < -0.39 is 0 Å². The number of ether oxygens (including phenoxy) is 1. The Morgan fingerprint density at radius 2 is 2.17 bits per heavy atom. The first-order chi connectivity index (χ1) is 8.69. The van der Waals surface area contributed by atoms with Crippen molar-refractivity contribution in [3.05, 3.63) is 44.6 Å². The zero-order chi connectivity index (χ0) is 13.0. The van der Waals surface area contributed by atoms with E-state index in [4.69, 9.17) is 4.74 Å². The Labute approximate surface area is 119 Å². The molecule has 1 aromatic carbocycles. The third-order valence-corrected chi connectivity index (χ3v) is 4.22. The van der Waals surface area contributed by atoms with Crippen LogP contribution in [0.3, 0.4) is 0 Å². The monoisotopic (exact) mass is 327 g/mol. The second-order valence-corrected chi connectivity index (χ2v) is 5.74. The first-order valence-electron chi connectivity index (χ1n) is 5.48. The van der Waals surface area contributed by atoms with Gasteiger partial charge < -0.3 is 15.2 Å². The normalized spacial score (nSPS) is 10.6. The van der Waals surface area contributed by atoms with Crippen LogP contribution in [0.5, 0.6) is 11.5 Å². The van der Waals surface area contributed by atoms with Crippen molar-refractivity contribution in [1.82, 2.24) is 5.32 Å². The van der Waals surface area contributed by atoms with Gasteiger partial charge in [0, 0.05) is 33.4 Å². The summed E-state index contributed by atoms with van der Waals surface area (Å²) in [5.74, 6) is 1.04. The molecule has 0 atom stereocenters. The van der Waals surface area contributed by atoms with Gasteiger partial charge in [0.15, 0.2) is 0 Å². The molecule has 2 N–H and O–H groups in total. The maximum Gasteiger partial charge on any atom is 0.120 e. The number of benzene rings is 1. The van der Waals surface area contributed by atoms with Crippen LogP contribution in [-0.4, -0.2) is 12.2 Å². The Hall–Kier alpha value is -1.04. The number of rotatable bonds is 5. The minimum Gasteiger partial charge on any atom is -0.508 e. The van der Waals surface area contributed by atoms with Gasteiger partial charge in [-0.2, -0.15) is 0 Å². The van der Waals surface area contributed by atoms with Crippen molar-refractivity contribution in [1.29, 1.82) is 0 Å². The molecule has 0 spiro atoms. The third kappa shape index (κ3) is 3.48. The lowest BCUT2D eigenvalue weighted by atomic mass is 10.2. The molecule has 0 aliphatic carbocycles. The zero-order valence-electron chi connectivity index (χ0n) is 9.94. The Bertz CT molecular complexity index is 527. The van der Waals surface area contributed by atoms with Crippen molar-refractivity contribution in [3.63, 3.8) is 0 Å². The lowest BCUT2D eigenvalue weighted by Gasteiger charge is -2.08. The molecule has 0 amide bonds. The van der Waals surface area contributed by atoms with E-state index in [1.807, 2.05) is 6.07 Å². The highest BCUT2D eigenvalue weighted by Gasteiger charge is 2.03. The predicted octanol–water partition coefficient (Wildman–Crippen LogP) is 3.51. The van der Waals surface area contributed by atoms with Crippen molar-refractivity contribution in [2.24, 2.45) is 0 Å². The quantitative estimate of drug-likeness (QED) is 0.882. The molecule has 0 bridgehead atoms. The average molecular weight is 328 g/mol. The van der Waals surface area contributed by atoms with Crippen LogP contribution in [0.1, 0.15) is 10.4 Å². The number of hydrogen-bond donors (Lipinski definition) is 2. The Balaban J connectivity index is 1.93. The van der Waals surface area contributed by atoms with E-state index in [9.17, 15) is 5.11 Å². The summed E-state index contributed by atoms with van der Waals surface area (Å²) >= 11 is 5.13. The van der Waals surface area contributed by atoms with Crippen LogP contribution in [0, 0.1) is 0 Å². The summed E-state index contributed by atoms with van der Waals surface area (Å²) in [7, 11) is 1.62. The smallest absolute Gasteiger partial charge is 0.120 e. The molecule has 2 rings (SSSR count). The molecular formula is C13H14BrNO2S. The molecule has 1 aromatic heterocycles. The van der Waals surface area contributed by atoms with Crippen LogP contribution in [-0.2, 0) is 13.1 Å². The molecule has 1 heterocycles. The van der Waals surface area contributed by atoms with Crippen molar-refractivity contribution in [3.8, 4) is 11.5 Å². The first kappa shape index (κ1) is 13.4. The van der Waals surface area contributed by atoms with Gasteiger partial charge in [0.1, 0.15) is 11.5 Å². The Kier molecular flexibility index (Phi) is 4.63. The fourth-order valence-electron chi connectivity index (χ4n) is 1.60. The standard InChI is InChI=1S/C13H14BrNO2S/c1-17-11-2-3-13(16)9(4-11)6-15-7-12-5-10(14)8-18-12/h2-5,8,15-16H,6-7H2,1H3. The van der Waals surface area contributed by atoms with Gasteiger partial charge in [0.05, 0.1) is 7.11 Å². The van der Waals surface area contributed by atoms with E-state index in [0.717, 1.165) is 22.3 Å². The minimum absolute atomic E-state index is 0.288. The molecule has 2 aromatic rings. The van der Waals surface area contributed by atoms with Crippen LogP contribution < -0.4 is 10.1 Å². The van der Waals surface area contributed by atoms with Crippen molar-refractivity contribution in [2.75, 3.05) is 7.11 Å². The maximum atomic E-state index is 9.73. The molecule has 0 saturated heterocycles. The van der Waals surface area contributed by atoms with E-state index in [1.165, 1.54) is 4.88 Å². The summed E-state index contributed by atoms with van der Waals surface area (Å²) < 4.78 is 6.24. The van der Waals surface area contributed by atoms with Crippen LogP contribution in [0.4, 0.5) is 0 Å². The number of hydrogen-bond acceptors (Lipinski definition) is 4. The lowest BCUT2D eigenvalue weighted by Crippen LogP contribution is -2.11. The molecular weight excluding hydrogens is 314 g/mol. The van der Waals surface area contributed by atoms with Gasteiger partial charge in [-0.15, -0.1) is 11.3 Å². The van der Waals surface area contributed by atoms with Gasteiger partial charge in [-0.3, -0.25) is 0 Å². The fourth-order valence-corrected chi connectivity index (χ4v) is 3.02. The van der Waals surface area contributed by atoms with Crippen LogP contribution in [0.15, 0.2) is 34.1 Å². The molecule has 0 saturated carbocycles. The van der Waals surface area contributed by atoms with E-state index in [1.54, 1.807) is 30.6 Å². The summed E-state index contributed by atoms with van der Waals surface area (Å²) in [5.41, 5.74) is 0.838. The number of phenols is 1. The molecule has 3 nitrogen and oxygen atoms in total. The average Bonchev–Trinajstić information content (AvgIpc) is 2.77. The molecule has 0 unspecified atom stereocenters. The lowest BCUT2D eigenvalue weighted by molar-refractivity contribution is 0.410. The van der Waals surface area contributed by atoms with E-state index in [-0.39, 0.29) is 5.75 Å². The van der Waals surface area contributed by atoms with E-state index >= 15 is 0 Å². The van der Waals surface area contributed by atoms with Gasteiger partial charge in [0.25, 0.3) is 0 Å². The molecule has 0 aliphatic rings. The first-order valence-corrected chi connectivity index (χ1v) is 7.16. The number of nitrogens with one attached hydrogen (secondary N) is 1. The van der Waals surface area contributed by atoms with Gasteiger partial charge in [0.2, 0.25) is 0 Å².